The predicted molar refractivity (Wildman–Crippen MR) is 81.8 cm³/mol. The van der Waals surface area contributed by atoms with E-state index in [-0.39, 0.29) is 5.41 Å². The van der Waals surface area contributed by atoms with Gasteiger partial charge in [-0.1, -0.05) is 34.1 Å². The van der Waals surface area contributed by atoms with Crippen molar-refractivity contribution < 1.29 is 4.74 Å². The van der Waals surface area contributed by atoms with Gasteiger partial charge in [-0.15, -0.1) is 11.3 Å². The molecule has 0 N–H and O–H groups in total. The summed E-state index contributed by atoms with van der Waals surface area (Å²) < 4.78 is 7.19. The van der Waals surface area contributed by atoms with Crippen molar-refractivity contribution in [2.45, 2.75) is 25.9 Å². The van der Waals surface area contributed by atoms with Crippen LogP contribution in [0.15, 0.2) is 29.6 Å². The maximum atomic E-state index is 5.79. The van der Waals surface area contributed by atoms with Gasteiger partial charge in [0.05, 0.1) is 6.10 Å². The van der Waals surface area contributed by atoms with E-state index in [2.05, 4.69) is 52.5 Å². The first-order valence-electron chi connectivity index (χ1n) is 6.38. The number of thiophene rings is 1. The summed E-state index contributed by atoms with van der Waals surface area (Å²) in [6, 6.07) is 8.70. The number of alkyl halides is 1. The van der Waals surface area contributed by atoms with Gasteiger partial charge in [0.1, 0.15) is 0 Å². The van der Waals surface area contributed by atoms with E-state index in [1.807, 2.05) is 11.3 Å². The SMILES string of the molecule is CC1OCCC1(CBr)Cc1csc2ccccc12. The molecule has 1 fully saturated rings. The molecule has 1 aliphatic rings. The molecular weight excluding hydrogens is 308 g/mol. The molecule has 0 aliphatic carbocycles. The van der Waals surface area contributed by atoms with Crippen molar-refractivity contribution in [3.8, 4) is 0 Å². The summed E-state index contributed by atoms with van der Waals surface area (Å²) in [6.07, 6.45) is 2.61. The first-order valence-corrected chi connectivity index (χ1v) is 8.38. The van der Waals surface area contributed by atoms with Crippen LogP contribution < -0.4 is 0 Å². The van der Waals surface area contributed by atoms with Crippen molar-refractivity contribution in [1.82, 2.24) is 0 Å². The largest absolute Gasteiger partial charge is 0.378 e. The Hall–Kier alpha value is -0.380. The second-order valence-corrected chi connectivity index (χ2v) is 6.66. The molecule has 1 saturated heterocycles. The molecule has 1 aromatic carbocycles. The molecule has 0 saturated carbocycles. The van der Waals surface area contributed by atoms with E-state index < -0.39 is 0 Å². The predicted octanol–water partition coefficient (Wildman–Crippen LogP) is 4.63. The number of ether oxygens (including phenoxy) is 1. The van der Waals surface area contributed by atoms with Gasteiger partial charge in [0.25, 0.3) is 0 Å². The lowest BCUT2D eigenvalue weighted by atomic mass is 9.78. The highest BCUT2D eigenvalue weighted by Crippen LogP contribution is 2.42. The number of benzene rings is 1. The van der Waals surface area contributed by atoms with Crippen LogP contribution in [-0.2, 0) is 11.2 Å². The van der Waals surface area contributed by atoms with E-state index in [1.165, 1.54) is 15.6 Å². The molecule has 0 bridgehead atoms. The highest BCUT2D eigenvalue weighted by Gasteiger charge is 2.40. The maximum Gasteiger partial charge on any atom is 0.0615 e. The maximum absolute atomic E-state index is 5.79. The van der Waals surface area contributed by atoms with Crippen molar-refractivity contribution >= 4 is 37.4 Å². The first-order chi connectivity index (χ1) is 8.75. The van der Waals surface area contributed by atoms with Crippen molar-refractivity contribution in [2.75, 3.05) is 11.9 Å². The fourth-order valence-corrected chi connectivity index (χ4v) is 4.72. The summed E-state index contributed by atoms with van der Waals surface area (Å²) in [6.45, 7) is 3.11. The number of hydrogen-bond donors (Lipinski definition) is 0. The Morgan fingerprint density at radius 2 is 2.28 bits per heavy atom. The molecule has 2 atom stereocenters. The lowest BCUT2D eigenvalue weighted by molar-refractivity contribution is 0.0748. The number of halogens is 1. The molecule has 2 heterocycles. The third kappa shape index (κ3) is 2.02. The van der Waals surface area contributed by atoms with Crippen LogP contribution in [0, 0.1) is 5.41 Å². The summed E-state index contributed by atoms with van der Waals surface area (Å²) in [4.78, 5) is 0. The Morgan fingerprint density at radius 1 is 1.44 bits per heavy atom. The van der Waals surface area contributed by atoms with Crippen LogP contribution in [0.5, 0.6) is 0 Å². The number of hydrogen-bond acceptors (Lipinski definition) is 2. The van der Waals surface area contributed by atoms with Gasteiger partial charge in [-0.05, 0) is 42.2 Å². The van der Waals surface area contributed by atoms with Crippen molar-refractivity contribution in [1.29, 1.82) is 0 Å². The van der Waals surface area contributed by atoms with Gasteiger partial charge < -0.3 is 4.74 Å². The molecule has 3 rings (SSSR count). The van der Waals surface area contributed by atoms with E-state index in [4.69, 9.17) is 4.74 Å². The Balaban J connectivity index is 1.96. The molecular formula is C15H17BrOS. The Labute approximate surface area is 120 Å². The topological polar surface area (TPSA) is 9.23 Å². The third-order valence-electron chi connectivity index (χ3n) is 4.20. The van der Waals surface area contributed by atoms with Crippen LogP contribution in [0.1, 0.15) is 18.9 Å². The van der Waals surface area contributed by atoms with Gasteiger partial charge in [-0.3, -0.25) is 0 Å². The molecule has 2 aromatic rings. The standard InChI is InChI=1S/C15H17BrOS/c1-11-15(10-16,6-7-17-11)8-12-9-18-14-5-3-2-4-13(12)14/h2-5,9,11H,6-8,10H2,1H3. The number of fused-ring (bicyclic) bond motifs is 1. The zero-order valence-electron chi connectivity index (χ0n) is 10.5. The van der Waals surface area contributed by atoms with Gasteiger partial charge in [0.15, 0.2) is 0 Å². The van der Waals surface area contributed by atoms with Crippen LogP contribution in [0.2, 0.25) is 0 Å². The fraction of sp³-hybridized carbons (Fsp3) is 0.467. The summed E-state index contributed by atoms with van der Waals surface area (Å²) in [7, 11) is 0. The van der Waals surface area contributed by atoms with E-state index in [1.54, 1.807) is 0 Å². The minimum absolute atomic E-state index is 0.268. The molecule has 3 heteroatoms. The molecule has 1 aromatic heterocycles. The van der Waals surface area contributed by atoms with E-state index in [9.17, 15) is 0 Å². The first kappa shape index (κ1) is 12.6. The lowest BCUT2D eigenvalue weighted by Crippen LogP contribution is -2.32. The van der Waals surface area contributed by atoms with Crippen LogP contribution in [-0.4, -0.2) is 18.0 Å². The molecule has 0 radical (unpaired) electrons. The van der Waals surface area contributed by atoms with Gasteiger partial charge in [0.2, 0.25) is 0 Å². The monoisotopic (exact) mass is 324 g/mol. The molecule has 1 nitrogen and oxygen atoms in total. The summed E-state index contributed by atoms with van der Waals surface area (Å²) in [5, 5.41) is 4.76. The zero-order valence-corrected chi connectivity index (χ0v) is 12.9. The van der Waals surface area contributed by atoms with Crippen LogP contribution in [0.3, 0.4) is 0 Å². The van der Waals surface area contributed by atoms with Crippen LogP contribution >= 0.6 is 27.3 Å². The quantitative estimate of drug-likeness (QED) is 0.748. The van der Waals surface area contributed by atoms with Gasteiger partial charge in [-0.2, -0.15) is 0 Å². The van der Waals surface area contributed by atoms with Gasteiger partial charge >= 0.3 is 0 Å². The minimum atomic E-state index is 0.268. The second-order valence-electron chi connectivity index (χ2n) is 5.19. The minimum Gasteiger partial charge on any atom is -0.378 e. The fourth-order valence-electron chi connectivity index (χ4n) is 2.82. The number of rotatable bonds is 3. The molecule has 18 heavy (non-hydrogen) atoms. The average molecular weight is 325 g/mol. The second kappa shape index (κ2) is 4.95. The van der Waals surface area contributed by atoms with Gasteiger partial charge in [-0.25, -0.2) is 0 Å². The lowest BCUT2D eigenvalue weighted by Gasteiger charge is -2.30. The smallest absolute Gasteiger partial charge is 0.0615 e. The third-order valence-corrected chi connectivity index (χ3v) is 6.33. The summed E-state index contributed by atoms with van der Waals surface area (Å²) in [5.41, 5.74) is 1.75. The highest BCUT2D eigenvalue weighted by atomic mass is 79.9. The van der Waals surface area contributed by atoms with Crippen molar-refractivity contribution in [3.05, 3.63) is 35.2 Å². The van der Waals surface area contributed by atoms with Gasteiger partial charge in [0, 0.05) is 22.1 Å². The van der Waals surface area contributed by atoms with E-state index in [0.717, 1.165) is 24.8 Å². The highest BCUT2D eigenvalue weighted by molar-refractivity contribution is 9.09. The van der Waals surface area contributed by atoms with Crippen molar-refractivity contribution in [2.24, 2.45) is 5.41 Å². The van der Waals surface area contributed by atoms with Crippen LogP contribution in [0.25, 0.3) is 10.1 Å². The normalized spacial score (nSPS) is 28.0. The summed E-state index contributed by atoms with van der Waals surface area (Å²) >= 11 is 5.56. The Morgan fingerprint density at radius 3 is 3.00 bits per heavy atom. The summed E-state index contributed by atoms with van der Waals surface area (Å²) in [5.74, 6) is 0. The van der Waals surface area contributed by atoms with Crippen LogP contribution in [0.4, 0.5) is 0 Å². The van der Waals surface area contributed by atoms with E-state index in [0.29, 0.717) is 6.10 Å². The Bertz CT molecular complexity index is 550. The van der Waals surface area contributed by atoms with E-state index >= 15 is 0 Å². The Kier molecular flexibility index (Phi) is 3.48. The molecule has 2 unspecified atom stereocenters. The molecule has 1 aliphatic heterocycles. The van der Waals surface area contributed by atoms with Crippen molar-refractivity contribution in [3.63, 3.8) is 0 Å². The average Bonchev–Trinajstić information content (AvgIpc) is 2.96. The molecule has 0 spiro atoms. The zero-order chi connectivity index (χ0) is 12.6. The molecule has 0 amide bonds. The molecule has 96 valence electrons.